The number of rotatable bonds is 4. The van der Waals surface area contributed by atoms with E-state index in [9.17, 15) is 20.2 Å². The van der Waals surface area contributed by atoms with E-state index in [1.807, 2.05) is 5.43 Å². The predicted octanol–water partition coefficient (Wildman–Crippen LogP) is 0.699. The lowest BCUT2D eigenvalue weighted by Crippen LogP contribution is -2.40. The molecule has 74 valence electrons. The Hall–Kier alpha value is -2.38. The Kier molecular flexibility index (Phi) is 2.79. The van der Waals surface area contributed by atoms with Gasteiger partial charge in [-0.15, -0.1) is 0 Å². The Labute approximate surface area is 78.0 Å². The van der Waals surface area contributed by atoms with Gasteiger partial charge in [-0.3, -0.25) is 0 Å². The lowest BCUT2D eigenvalue weighted by Gasteiger charge is -2.04. The lowest BCUT2D eigenvalue weighted by atomic mass is 10.3. The zero-order valence-electron chi connectivity index (χ0n) is 6.86. The van der Waals surface area contributed by atoms with Gasteiger partial charge in [-0.25, -0.2) is 20.2 Å². The van der Waals surface area contributed by atoms with Crippen molar-refractivity contribution in [1.29, 1.82) is 0 Å². The van der Waals surface area contributed by atoms with Gasteiger partial charge in [0, 0.05) is 0 Å². The first-order valence-electron chi connectivity index (χ1n) is 3.51. The van der Waals surface area contributed by atoms with Gasteiger partial charge in [0.15, 0.2) is 0 Å². The first kappa shape index (κ1) is 9.71. The van der Waals surface area contributed by atoms with E-state index in [1.54, 1.807) is 18.2 Å². The largest absolute Gasteiger partial charge is 0.280 e. The fourth-order valence-corrected chi connectivity index (χ4v) is 0.769. The van der Waals surface area contributed by atoms with E-state index in [0.29, 0.717) is 0 Å². The van der Waals surface area contributed by atoms with Crippen LogP contribution in [0.1, 0.15) is 0 Å². The molecule has 0 aromatic heterocycles. The molecule has 0 bridgehead atoms. The summed E-state index contributed by atoms with van der Waals surface area (Å²) in [5, 5.41) is 17.7. The number of hydrazine groups is 3. The Morgan fingerprint density at radius 2 is 1.57 bits per heavy atom. The second kappa shape index (κ2) is 4.03. The van der Waals surface area contributed by atoms with Gasteiger partial charge in [-0.05, 0) is 12.1 Å². The van der Waals surface area contributed by atoms with Crippen LogP contribution >= 0.6 is 0 Å². The van der Waals surface area contributed by atoms with Gasteiger partial charge in [-0.1, -0.05) is 18.2 Å². The third kappa shape index (κ3) is 2.30. The highest BCUT2D eigenvalue weighted by molar-refractivity contribution is 5.40. The summed E-state index contributed by atoms with van der Waals surface area (Å²) in [7, 11) is 0. The fraction of sp³-hybridized carbons (Fsp3) is 0. The van der Waals surface area contributed by atoms with Gasteiger partial charge in [0.2, 0.25) is 10.1 Å². The molecule has 0 aliphatic heterocycles. The van der Waals surface area contributed by atoms with Crippen molar-refractivity contribution in [3.05, 3.63) is 50.6 Å². The van der Waals surface area contributed by atoms with Gasteiger partial charge in [0.05, 0.1) is 5.69 Å². The minimum absolute atomic E-state index is 0.265. The molecule has 0 fully saturated rings. The van der Waals surface area contributed by atoms with Crippen LogP contribution in [0.5, 0.6) is 0 Å². The van der Waals surface area contributed by atoms with Crippen LogP contribution in [-0.2, 0) is 0 Å². The Morgan fingerprint density at radius 3 is 2.00 bits per heavy atom. The standard InChI is InChI=1S/C6H6N4O4/c11-9(12)8(10(13)14)7-6-4-2-1-3-5-6/h1-5,7H. The molecule has 0 saturated carbocycles. The van der Waals surface area contributed by atoms with Crippen LogP contribution in [0.3, 0.4) is 0 Å². The van der Waals surface area contributed by atoms with E-state index >= 15 is 0 Å². The Balaban J connectivity index is 2.75. The van der Waals surface area contributed by atoms with Crippen molar-refractivity contribution < 1.29 is 10.1 Å². The average Bonchev–Trinajstić information content (AvgIpc) is 2.15. The molecule has 0 spiro atoms. The van der Waals surface area contributed by atoms with Crippen LogP contribution in [0.25, 0.3) is 0 Å². The third-order valence-corrected chi connectivity index (χ3v) is 1.31. The Morgan fingerprint density at radius 1 is 1.07 bits per heavy atom. The molecule has 8 nitrogen and oxygen atoms in total. The van der Waals surface area contributed by atoms with E-state index in [4.69, 9.17) is 0 Å². The number of para-hydroxylation sites is 1. The highest BCUT2D eigenvalue weighted by Crippen LogP contribution is 2.06. The molecule has 0 amide bonds. The van der Waals surface area contributed by atoms with Crippen molar-refractivity contribution >= 4 is 5.69 Å². The first-order chi connectivity index (χ1) is 6.61. The van der Waals surface area contributed by atoms with Crippen LogP contribution in [0.4, 0.5) is 5.69 Å². The molecule has 0 radical (unpaired) electrons. The Bertz CT molecular complexity index is 327. The number of anilines is 1. The normalized spacial score (nSPS) is 9.14. The zero-order valence-corrected chi connectivity index (χ0v) is 6.86. The van der Waals surface area contributed by atoms with Gasteiger partial charge in [0.25, 0.3) is 5.23 Å². The summed E-state index contributed by atoms with van der Waals surface area (Å²) < 4.78 is 0. The quantitative estimate of drug-likeness (QED) is 0.564. The number of nitrogens with one attached hydrogen (secondary N) is 1. The third-order valence-electron chi connectivity index (χ3n) is 1.31. The smallest absolute Gasteiger partial charge is 0.229 e. The zero-order chi connectivity index (χ0) is 10.6. The summed E-state index contributed by atoms with van der Waals surface area (Å²) in [4.78, 5) is 20.3. The van der Waals surface area contributed by atoms with Gasteiger partial charge >= 0.3 is 0 Å². The summed E-state index contributed by atoms with van der Waals surface area (Å²) in [5.41, 5.74) is 2.28. The van der Waals surface area contributed by atoms with Gasteiger partial charge in [-0.2, -0.15) is 5.43 Å². The maximum absolute atomic E-state index is 10.2. The summed E-state index contributed by atoms with van der Waals surface area (Å²) >= 11 is 0. The molecule has 1 aromatic rings. The minimum Gasteiger partial charge on any atom is -0.229 e. The van der Waals surface area contributed by atoms with Crippen molar-refractivity contribution in [1.82, 2.24) is 5.23 Å². The molecule has 1 N–H and O–H groups in total. The summed E-state index contributed by atoms with van der Waals surface area (Å²) in [6.07, 6.45) is 0. The SMILES string of the molecule is O=[N+]([O-])N(Nc1ccccc1)[N+](=O)[O-]. The van der Waals surface area contributed by atoms with Crippen LogP contribution < -0.4 is 5.43 Å². The van der Waals surface area contributed by atoms with E-state index in [2.05, 4.69) is 0 Å². The molecule has 0 heterocycles. The van der Waals surface area contributed by atoms with Crippen LogP contribution in [0.2, 0.25) is 0 Å². The van der Waals surface area contributed by atoms with Crippen molar-refractivity contribution in [3.63, 3.8) is 0 Å². The van der Waals surface area contributed by atoms with Crippen molar-refractivity contribution in [2.24, 2.45) is 0 Å². The number of nitro groups is 2. The first-order valence-corrected chi connectivity index (χ1v) is 3.51. The molecule has 0 saturated heterocycles. The van der Waals surface area contributed by atoms with Gasteiger partial charge in [0.1, 0.15) is 0 Å². The lowest BCUT2D eigenvalue weighted by molar-refractivity contribution is -0.900. The molecule has 8 heteroatoms. The molecule has 0 atom stereocenters. The molecular formula is C6H6N4O4. The molecule has 0 unspecified atom stereocenters. The minimum atomic E-state index is -1.16. The van der Waals surface area contributed by atoms with E-state index in [0.717, 1.165) is 0 Å². The van der Waals surface area contributed by atoms with Crippen molar-refractivity contribution in [3.8, 4) is 0 Å². The summed E-state index contributed by atoms with van der Waals surface area (Å²) in [6, 6.07) is 7.83. The topological polar surface area (TPSA) is 102 Å². The molecule has 0 aliphatic rings. The van der Waals surface area contributed by atoms with Crippen LogP contribution in [-0.4, -0.2) is 15.3 Å². The highest BCUT2D eigenvalue weighted by atomic mass is 16.8. The summed E-state index contributed by atoms with van der Waals surface area (Å²) in [6.45, 7) is 0. The number of hydrogen-bond donors (Lipinski definition) is 1. The van der Waals surface area contributed by atoms with Crippen molar-refractivity contribution in [2.75, 3.05) is 5.43 Å². The van der Waals surface area contributed by atoms with Crippen molar-refractivity contribution in [2.45, 2.75) is 0 Å². The summed E-state index contributed by atoms with van der Waals surface area (Å²) in [5.74, 6) is 0. The van der Waals surface area contributed by atoms with Crippen LogP contribution in [0, 0.1) is 20.2 Å². The molecule has 1 rings (SSSR count). The fourth-order valence-electron chi connectivity index (χ4n) is 0.769. The number of benzene rings is 1. The second-order valence-corrected chi connectivity index (χ2v) is 2.24. The van der Waals surface area contributed by atoms with Gasteiger partial charge < -0.3 is 0 Å². The number of hydrogen-bond acceptors (Lipinski definition) is 5. The van der Waals surface area contributed by atoms with E-state index in [1.165, 1.54) is 12.1 Å². The molecule has 0 aliphatic carbocycles. The van der Waals surface area contributed by atoms with E-state index < -0.39 is 10.1 Å². The average molecular weight is 198 g/mol. The maximum Gasteiger partial charge on any atom is 0.280 e. The number of nitrogens with zero attached hydrogens (tertiary/aromatic N) is 3. The van der Waals surface area contributed by atoms with Crippen LogP contribution in [0.15, 0.2) is 30.3 Å². The maximum atomic E-state index is 10.2. The van der Waals surface area contributed by atoms with E-state index in [-0.39, 0.29) is 10.9 Å². The monoisotopic (exact) mass is 198 g/mol. The molecular weight excluding hydrogens is 192 g/mol. The predicted molar refractivity (Wildman–Crippen MR) is 45.9 cm³/mol. The molecule has 1 aromatic carbocycles. The second-order valence-electron chi connectivity index (χ2n) is 2.24. The highest BCUT2D eigenvalue weighted by Gasteiger charge is 2.27. The molecule has 14 heavy (non-hydrogen) atoms.